The highest BCUT2D eigenvalue weighted by Crippen LogP contribution is 2.16. The molecule has 134 valence electrons. The van der Waals surface area contributed by atoms with Crippen molar-refractivity contribution in [3.8, 4) is 0 Å². The Labute approximate surface area is 142 Å². The van der Waals surface area contributed by atoms with Crippen molar-refractivity contribution in [1.82, 2.24) is 20.2 Å². The van der Waals surface area contributed by atoms with Gasteiger partial charge in [0.2, 0.25) is 0 Å². The number of ether oxygens (including phenoxy) is 1. The minimum Gasteiger partial charge on any atom is -0.378 e. The van der Waals surface area contributed by atoms with E-state index in [4.69, 9.17) is 4.74 Å². The van der Waals surface area contributed by atoms with Gasteiger partial charge in [0, 0.05) is 31.9 Å². The molecule has 0 unspecified atom stereocenters. The molecule has 2 heterocycles. The van der Waals surface area contributed by atoms with Crippen LogP contribution in [0.4, 0.5) is 0 Å². The first-order chi connectivity index (χ1) is 11.3. The Morgan fingerprint density at radius 1 is 1.42 bits per heavy atom. The lowest BCUT2D eigenvalue weighted by Crippen LogP contribution is -2.44. The zero-order valence-electron chi connectivity index (χ0n) is 15.1. The summed E-state index contributed by atoms with van der Waals surface area (Å²) in [6, 6.07) is 1.94. The van der Waals surface area contributed by atoms with Crippen molar-refractivity contribution in [2.24, 2.45) is 5.92 Å². The number of carbonyl (C=O) groups is 1. The maximum atomic E-state index is 12.5. The Bertz CT molecular complexity index is 627. The van der Waals surface area contributed by atoms with Gasteiger partial charge in [0.1, 0.15) is 5.69 Å². The Balaban J connectivity index is 2.11. The van der Waals surface area contributed by atoms with Gasteiger partial charge < -0.3 is 15.0 Å². The molecule has 0 saturated carbocycles. The number of rotatable bonds is 6. The van der Waals surface area contributed by atoms with Crippen LogP contribution in [0.1, 0.15) is 43.9 Å². The molecule has 1 amide bonds. The van der Waals surface area contributed by atoms with Crippen molar-refractivity contribution in [3.05, 3.63) is 27.9 Å². The average Bonchev–Trinajstić information content (AvgIpc) is 2.89. The average molecular weight is 336 g/mol. The molecule has 1 aliphatic heterocycles. The second kappa shape index (κ2) is 7.90. The van der Waals surface area contributed by atoms with Crippen molar-refractivity contribution in [2.45, 2.75) is 52.3 Å². The fourth-order valence-corrected chi connectivity index (χ4v) is 3.02. The molecule has 0 aromatic carbocycles. The van der Waals surface area contributed by atoms with Gasteiger partial charge in [0.05, 0.1) is 12.1 Å². The van der Waals surface area contributed by atoms with Gasteiger partial charge >= 0.3 is 5.69 Å². The number of methoxy groups -OCH3 is 1. The zero-order chi connectivity index (χ0) is 17.9. The van der Waals surface area contributed by atoms with E-state index in [0.29, 0.717) is 18.4 Å². The van der Waals surface area contributed by atoms with E-state index in [2.05, 4.69) is 47.9 Å². The lowest BCUT2D eigenvalue weighted by molar-refractivity contribution is 0.0750. The van der Waals surface area contributed by atoms with Crippen LogP contribution in [-0.4, -0.2) is 59.2 Å². The molecule has 0 bridgehead atoms. The SMILES string of the molecule is CO[C@@H]1CN(C(C)C)C[C@H]1NC(=O)c1cc(CC(C)C)[nH]c(=O)n1. The molecule has 1 aromatic rings. The fraction of sp³-hybridized carbons (Fsp3) is 0.706. The lowest BCUT2D eigenvalue weighted by atomic mass is 10.1. The van der Waals surface area contributed by atoms with Gasteiger partial charge in [-0.1, -0.05) is 13.8 Å². The van der Waals surface area contributed by atoms with Crippen LogP contribution < -0.4 is 11.0 Å². The number of carbonyl (C=O) groups excluding carboxylic acids is 1. The fourth-order valence-electron chi connectivity index (χ4n) is 3.02. The predicted octanol–water partition coefficient (Wildman–Crippen LogP) is 0.806. The molecule has 0 aliphatic carbocycles. The van der Waals surface area contributed by atoms with E-state index in [0.717, 1.165) is 18.8 Å². The van der Waals surface area contributed by atoms with Crippen LogP contribution in [0.2, 0.25) is 0 Å². The summed E-state index contributed by atoms with van der Waals surface area (Å²) >= 11 is 0. The van der Waals surface area contributed by atoms with E-state index in [1.807, 2.05) is 0 Å². The minimum absolute atomic E-state index is 0.0616. The van der Waals surface area contributed by atoms with Crippen LogP contribution in [0.3, 0.4) is 0 Å². The zero-order valence-corrected chi connectivity index (χ0v) is 15.1. The summed E-state index contributed by atoms with van der Waals surface area (Å²) in [5.74, 6) is 0.0510. The standard InChI is InChI=1S/C17H28N4O3/c1-10(2)6-12-7-13(20-17(23)18-12)16(22)19-14-8-21(11(3)4)9-15(14)24-5/h7,10-11,14-15H,6,8-9H2,1-5H3,(H,19,22)(H,18,20,23)/t14-,15-/m1/s1. The predicted molar refractivity (Wildman–Crippen MR) is 92.2 cm³/mol. The number of nitrogens with one attached hydrogen (secondary N) is 2. The monoisotopic (exact) mass is 336 g/mol. The summed E-state index contributed by atoms with van der Waals surface area (Å²) in [4.78, 5) is 33.0. The van der Waals surface area contributed by atoms with Gasteiger partial charge in [-0.05, 0) is 32.3 Å². The normalized spacial score (nSPS) is 21.6. The highest BCUT2D eigenvalue weighted by atomic mass is 16.5. The number of likely N-dealkylation sites (tertiary alicyclic amines) is 1. The quantitative estimate of drug-likeness (QED) is 0.802. The molecule has 0 radical (unpaired) electrons. The summed E-state index contributed by atoms with van der Waals surface area (Å²) in [5.41, 5.74) is 0.401. The van der Waals surface area contributed by atoms with E-state index < -0.39 is 5.69 Å². The molecule has 2 rings (SSSR count). The molecule has 0 spiro atoms. The van der Waals surface area contributed by atoms with Crippen molar-refractivity contribution < 1.29 is 9.53 Å². The summed E-state index contributed by atoms with van der Waals surface area (Å²) < 4.78 is 5.50. The molecule has 2 atom stereocenters. The van der Waals surface area contributed by atoms with E-state index in [-0.39, 0.29) is 23.7 Å². The second-order valence-corrected chi connectivity index (χ2v) is 7.10. The summed E-state index contributed by atoms with van der Waals surface area (Å²) in [6.07, 6.45) is 0.636. The Morgan fingerprint density at radius 3 is 2.71 bits per heavy atom. The number of aromatic nitrogens is 2. The van der Waals surface area contributed by atoms with E-state index in [1.54, 1.807) is 13.2 Å². The van der Waals surface area contributed by atoms with Crippen LogP contribution in [0.25, 0.3) is 0 Å². The van der Waals surface area contributed by atoms with Gasteiger partial charge in [0.15, 0.2) is 0 Å². The van der Waals surface area contributed by atoms with Gasteiger partial charge in [-0.3, -0.25) is 9.69 Å². The first kappa shape index (κ1) is 18.6. The van der Waals surface area contributed by atoms with Gasteiger partial charge in [-0.25, -0.2) is 4.79 Å². The molecule has 1 fully saturated rings. The molecule has 1 aliphatic rings. The smallest absolute Gasteiger partial charge is 0.345 e. The lowest BCUT2D eigenvalue weighted by Gasteiger charge is -2.20. The maximum Gasteiger partial charge on any atom is 0.345 e. The molecular weight excluding hydrogens is 308 g/mol. The maximum absolute atomic E-state index is 12.5. The number of aromatic amines is 1. The highest BCUT2D eigenvalue weighted by molar-refractivity contribution is 5.92. The first-order valence-electron chi connectivity index (χ1n) is 8.48. The number of hydrogen-bond donors (Lipinski definition) is 2. The number of nitrogens with zero attached hydrogens (tertiary/aromatic N) is 2. The third kappa shape index (κ3) is 4.64. The van der Waals surface area contributed by atoms with Gasteiger partial charge in [-0.2, -0.15) is 4.98 Å². The van der Waals surface area contributed by atoms with E-state index in [9.17, 15) is 9.59 Å². The van der Waals surface area contributed by atoms with E-state index >= 15 is 0 Å². The van der Waals surface area contributed by atoms with Gasteiger partial charge in [0.25, 0.3) is 5.91 Å². The molecule has 1 aromatic heterocycles. The molecular formula is C17H28N4O3. The number of H-pyrrole nitrogens is 1. The molecule has 1 saturated heterocycles. The van der Waals surface area contributed by atoms with Crippen LogP contribution in [0, 0.1) is 5.92 Å². The van der Waals surface area contributed by atoms with Crippen molar-refractivity contribution >= 4 is 5.91 Å². The Morgan fingerprint density at radius 2 is 2.12 bits per heavy atom. The molecule has 2 N–H and O–H groups in total. The number of amides is 1. The molecule has 7 heteroatoms. The second-order valence-electron chi connectivity index (χ2n) is 7.10. The van der Waals surface area contributed by atoms with Crippen LogP contribution in [0.5, 0.6) is 0 Å². The van der Waals surface area contributed by atoms with Crippen molar-refractivity contribution in [2.75, 3.05) is 20.2 Å². The van der Waals surface area contributed by atoms with Crippen LogP contribution in [0.15, 0.2) is 10.9 Å². The highest BCUT2D eigenvalue weighted by Gasteiger charge is 2.35. The van der Waals surface area contributed by atoms with Crippen LogP contribution in [-0.2, 0) is 11.2 Å². The third-order valence-corrected chi connectivity index (χ3v) is 4.31. The minimum atomic E-state index is -0.489. The number of hydrogen-bond acceptors (Lipinski definition) is 5. The Kier molecular flexibility index (Phi) is 6.12. The summed E-state index contributed by atoms with van der Waals surface area (Å²) in [5, 5.41) is 2.97. The Hall–Kier alpha value is -1.73. The van der Waals surface area contributed by atoms with Crippen molar-refractivity contribution in [3.63, 3.8) is 0 Å². The molecule has 24 heavy (non-hydrogen) atoms. The van der Waals surface area contributed by atoms with Gasteiger partial charge in [-0.15, -0.1) is 0 Å². The third-order valence-electron chi connectivity index (χ3n) is 4.31. The summed E-state index contributed by atoms with van der Waals surface area (Å²) in [7, 11) is 1.65. The van der Waals surface area contributed by atoms with E-state index in [1.165, 1.54) is 0 Å². The molecule has 7 nitrogen and oxygen atoms in total. The van der Waals surface area contributed by atoms with Crippen molar-refractivity contribution in [1.29, 1.82) is 0 Å². The first-order valence-corrected chi connectivity index (χ1v) is 8.48. The summed E-state index contributed by atoms with van der Waals surface area (Å²) in [6.45, 7) is 9.85. The van der Waals surface area contributed by atoms with Crippen LogP contribution >= 0.6 is 0 Å². The topological polar surface area (TPSA) is 87.3 Å². The largest absolute Gasteiger partial charge is 0.378 e.